The zero-order valence-corrected chi connectivity index (χ0v) is 11.7. The summed E-state index contributed by atoms with van der Waals surface area (Å²) in [5.41, 5.74) is 0.971. The van der Waals surface area contributed by atoms with Gasteiger partial charge in [-0.3, -0.25) is 0 Å². The molecule has 1 nitrogen and oxygen atoms in total. The summed E-state index contributed by atoms with van der Waals surface area (Å²) in [5.74, 6) is 0.858. The highest BCUT2D eigenvalue weighted by atomic mass is 35.5. The average Bonchev–Trinajstić information content (AvgIpc) is 2.50. The summed E-state index contributed by atoms with van der Waals surface area (Å²) >= 11 is 12.2. The summed E-state index contributed by atoms with van der Waals surface area (Å²) in [5, 5.41) is 4.80. The van der Waals surface area contributed by atoms with E-state index in [2.05, 4.69) is 12.2 Å². The molecule has 1 aromatic carbocycles. The van der Waals surface area contributed by atoms with Crippen LogP contribution in [-0.4, -0.2) is 6.04 Å². The molecule has 1 saturated carbocycles. The summed E-state index contributed by atoms with van der Waals surface area (Å²) in [7, 11) is 0. The van der Waals surface area contributed by atoms with Crippen LogP contribution in [0.4, 0.5) is 5.69 Å². The van der Waals surface area contributed by atoms with Crippen molar-refractivity contribution in [3.05, 3.63) is 28.2 Å². The van der Waals surface area contributed by atoms with Crippen molar-refractivity contribution in [3.63, 3.8) is 0 Å². The lowest BCUT2D eigenvalue weighted by molar-refractivity contribution is 0.502. The van der Waals surface area contributed by atoms with Crippen LogP contribution in [0.3, 0.4) is 0 Å². The lowest BCUT2D eigenvalue weighted by Crippen LogP contribution is -2.18. The number of benzene rings is 1. The molecule has 2 atom stereocenters. The van der Waals surface area contributed by atoms with Crippen LogP contribution in [0.25, 0.3) is 0 Å². The molecule has 0 amide bonds. The van der Waals surface area contributed by atoms with Crippen molar-refractivity contribution in [3.8, 4) is 0 Å². The van der Waals surface area contributed by atoms with Crippen molar-refractivity contribution in [2.24, 2.45) is 5.92 Å². The largest absolute Gasteiger partial charge is 0.381 e. The monoisotopic (exact) mass is 271 g/mol. The van der Waals surface area contributed by atoms with Gasteiger partial charge >= 0.3 is 0 Å². The topological polar surface area (TPSA) is 12.0 Å². The van der Waals surface area contributed by atoms with Crippen molar-refractivity contribution in [1.82, 2.24) is 0 Å². The Morgan fingerprint density at radius 3 is 2.76 bits per heavy atom. The first-order chi connectivity index (χ1) is 8.16. The summed E-state index contributed by atoms with van der Waals surface area (Å²) in [6.07, 6.45) is 6.41. The molecular weight excluding hydrogens is 253 g/mol. The standard InChI is InChI=1S/C14H19Cl2N/c1-10-4-2-5-11(9-8-10)17-13-7-3-6-12(15)14(13)16/h3,6-7,10-11,17H,2,4-5,8-9H2,1H3. The van der Waals surface area contributed by atoms with Gasteiger partial charge in [0.05, 0.1) is 15.7 Å². The normalized spacial score (nSPS) is 25.4. The second-order valence-electron chi connectivity index (χ2n) is 5.06. The summed E-state index contributed by atoms with van der Waals surface area (Å²) in [4.78, 5) is 0. The molecular formula is C14H19Cl2N. The Morgan fingerprint density at radius 1 is 1.12 bits per heavy atom. The Kier molecular flexibility index (Phi) is 4.58. The number of anilines is 1. The molecule has 1 aliphatic rings. The molecule has 0 saturated heterocycles. The molecule has 1 N–H and O–H groups in total. The van der Waals surface area contributed by atoms with E-state index in [1.807, 2.05) is 18.2 Å². The third kappa shape index (κ3) is 3.53. The first-order valence-electron chi connectivity index (χ1n) is 6.37. The Labute approximate surface area is 114 Å². The quantitative estimate of drug-likeness (QED) is 0.713. The maximum absolute atomic E-state index is 6.19. The molecule has 17 heavy (non-hydrogen) atoms. The van der Waals surface area contributed by atoms with Crippen LogP contribution >= 0.6 is 23.2 Å². The van der Waals surface area contributed by atoms with Crippen LogP contribution in [0, 0.1) is 5.92 Å². The second kappa shape index (κ2) is 5.97. The third-order valence-corrected chi connectivity index (χ3v) is 4.39. The molecule has 94 valence electrons. The van der Waals surface area contributed by atoms with Crippen LogP contribution in [-0.2, 0) is 0 Å². The molecule has 2 rings (SSSR count). The van der Waals surface area contributed by atoms with Crippen LogP contribution in [0.15, 0.2) is 18.2 Å². The van der Waals surface area contributed by atoms with E-state index in [9.17, 15) is 0 Å². The lowest BCUT2D eigenvalue weighted by Gasteiger charge is -2.19. The van der Waals surface area contributed by atoms with Crippen LogP contribution in [0.2, 0.25) is 10.0 Å². The van der Waals surface area contributed by atoms with E-state index in [-0.39, 0.29) is 0 Å². The maximum Gasteiger partial charge on any atom is 0.0823 e. The van der Waals surface area contributed by atoms with Gasteiger partial charge in [0.2, 0.25) is 0 Å². The molecule has 1 fully saturated rings. The third-order valence-electron chi connectivity index (χ3n) is 3.57. The SMILES string of the molecule is CC1CCCC(Nc2cccc(Cl)c2Cl)CC1. The minimum atomic E-state index is 0.538. The summed E-state index contributed by atoms with van der Waals surface area (Å²) in [6, 6.07) is 6.30. The number of halogens is 2. The van der Waals surface area contributed by atoms with E-state index in [0.29, 0.717) is 16.1 Å². The number of rotatable bonds is 2. The molecule has 0 aromatic heterocycles. The Morgan fingerprint density at radius 2 is 1.94 bits per heavy atom. The van der Waals surface area contributed by atoms with E-state index < -0.39 is 0 Å². The van der Waals surface area contributed by atoms with Crippen molar-refractivity contribution >= 4 is 28.9 Å². The maximum atomic E-state index is 6.19. The molecule has 0 spiro atoms. The predicted octanol–water partition coefficient (Wildman–Crippen LogP) is 5.37. The minimum Gasteiger partial charge on any atom is -0.381 e. The Hall–Kier alpha value is -0.400. The van der Waals surface area contributed by atoms with Gasteiger partial charge in [0, 0.05) is 6.04 Å². The highest BCUT2D eigenvalue weighted by Crippen LogP contribution is 2.32. The van der Waals surface area contributed by atoms with Crippen LogP contribution in [0.1, 0.15) is 39.0 Å². The van der Waals surface area contributed by atoms with Crippen molar-refractivity contribution < 1.29 is 0 Å². The fourth-order valence-corrected chi connectivity index (χ4v) is 2.82. The van der Waals surface area contributed by atoms with Gasteiger partial charge in [-0.1, -0.05) is 49.0 Å². The van der Waals surface area contributed by atoms with Crippen molar-refractivity contribution in [2.45, 2.75) is 45.1 Å². The molecule has 1 aliphatic carbocycles. The van der Waals surface area contributed by atoms with Gasteiger partial charge in [-0.05, 0) is 37.3 Å². The molecule has 0 heterocycles. The number of hydrogen-bond donors (Lipinski definition) is 1. The molecule has 2 unspecified atom stereocenters. The van der Waals surface area contributed by atoms with E-state index in [1.165, 1.54) is 32.1 Å². The van der Waals surface area contributed by atoms with Gasteiger partial charge in [0.15, 0.2) is 0 Å². The molecule has 3 heteroatoms. The van der Waals surface area contributed by atoms with Crippen LogP contribution in [0.5, 0.6) is 0 Å². The Bertz CT molecular complexity index is 378. The Balaban J connectivity index is 2.02. The molecule has 0 bridgehead atoms. The van der Waals surface area contributed by atoms with E-state index >= 15 is 0 Å². The van der Waals surface area contributed by atoms with Gasteiger partial charge in [0.1, 0.15) is 0 Å². The summed E-state index contributed by atoms with van der Waals surface area (Å²) < 4.78 is 0. The van der Waals surface area contributed by atoms with Gasteiger partial charge < -0.3 is 5.32 Å². The smallest absolute Gasteiger partial charge is 0.0823 e. The van der Waals surface area contributed by atoms with Crippen LogP contribution < -0.4 is 5.32 Å². The summed E-state index contributed by atoms with van der Waals surface area (Å²) in [6.45, 7) is 2.34. The molecule has 0 radical (unpaired) electrons. The van der Waals surface area contributed by atoms with E-state index in [1.54, 1.807) is 0 Å². The molecule has 0 aliphatic heterocycles. The van der Waals surface area contributed by atoms with Gasteiger partial charge in [-0.15, -0.1) is 0 Å². The van der Waals surface area contributed by atoms with Gasteiger partial charge in [-0.25, -0.2) is 0 Å². The lowest BCUT2D eigenvalue weighted by atomic mass is 10.0. The van der Waals surface area contributed by atoms with Gasteiger partial charge in [0.25, 0.3) is 0 Å². The first-order valence-corrected chi connectivity index (χ1v) is 7.13. The van der Waals surface area contributed by atoms with Gasteiger partial charge in [-0.2, -0.15) is 0 Å². The predicted molar refractivity (Wildman–Crippen MR) is 76.1 cm³/mol. The van der Waals surface area contributed by atoms with Crippen molar-refractivity contribution in [1.29, 1.82) is 0 Å². The van der Waals surface area contributed by atoms with E-state index in [0.717, 1.165) is 11.6 Å². The fourth-order valence-electron chi connectivity index (χ4n) is 2.47. The first kappa shape index (κ1) is 13.0. The second-order valence-corrected chi connectivity index (χ2v) is 5.84. The average molecular weight is 272 g/mol. The highest BCUT2D eigenvalue weighted by molar-refractivity contribution is 6.43. The number of nitrogens with one attached hydrogen (secondary N) is 1. The molecule has 1 aromatic rings. The fraction of sp³-hybridized carbons (Fsp3) is 0.571. The zero-order chi connectivity index (χ0) is 12.3. The highest BCUT2D eigenvalue weighted by Gasteiger charge is 2.17. The van der Waals surface area contributed by atoms with E-state index in [4.69, 9.17) is 23.2 Å². The zero-order valence-electron chi connectivity index (χ0n) is 10.2. The minimum absolute atomic E-state index is 0.538. The number of hydrogen-bond acceptors (Lipinski definition) is 1. The van der Waals surface area contributed by atoms with Crippen molar-refractivity contribution in [2.75, 3.05) is 5.32 Å².